The molecule has 1 aromatic heterocycles. The standard InChI is InChI=1S/C21H22N2O5/c1-26-18-8-4-5-9-19(18)27-14-21(25)28-13-20(24)22-11-10-15-12-23-17-7-3-2-6-16(15)17/h2-9,12,23H,10-11,13-14H2,1H3,(H,22,24). The number of fused-ring (bicyclic) bond motifs is 1. The third-order valence-electron chi connectivity index (χ3n) is 4.17. The number of carbonyl (C=O) groups excluding carboxylic acids is 2. The van der Waals surface area contributed by atoms with Gasteiger partial charge in [0.05, 0.1) is 7.11 Å². The Hall–Kier alpha value is -3.48. The molecule has 1 amide bonds. The summed E-state index contributed by atoms with van der Waals surface area (Å²) in [6.45, 7) is -0.194. The van der Waals surface area contributed by atoms with Gasteiger partial charge in [0.25, 0.3) is 5.91 Å². The van der Waals surface area contributed by atoms with Crippen molar-refractivity contribution in [2.75, 3.05) is 26.9 Å². The van der Waals surface area contributed by atoms with E-state index in [1.165, 1.54) is 7.11 Å². The normalized spacial score (nSPS) is 10.5. The number of ether oxygens (including phenoxy) is 3. The van der Waals surface area contributed by atoms with Gasteiger partial charge in [-0.05, 0) is 30.2 Å². The zero-order valence-corrected chi connectivity index (χ0v) is 15.6. The fraction of sp³-hybridized carbons (Fsp3) is 0.238. The van der Waals surface area contributed by atoms with Gasteiger partial charge in [-0.15, -0.1) is 0 Å². The molecule has 3 aromatic rings. The molecular formula is C21H22N2O5. The first-order valence-corrected chi connectivity index (χ1v) is 8.90. The second-order valence-electron chi connectivity index (χ2n) is 6.06. The molecule has 0 aliphatic rings. The summed E-state index contributed by atoms with van der Waals surface area (Å²) in [5, 5.41) is 3.88. The first-order valence-electron chi connectivity index (χ1n) is 8.90. The fourth-order valence-electron chi connectivity index (χ4n) is 2.79. The average Bonchev–Trinajstić information content (AvgIpc) is 3.14. The number of hydrogen-bond donors (Lipinski definition) is 2. The summed E-state index contributed by atoms with van der Waals surface area (Å²) >= 11 is 0. The molecule has 0 aliphatic heterocycles. The molecule has 2 aromatic carbocycles. The number of hydrogen-bond acceptors (Lipinski definition) is 5. The molecule has 7 nitrogen and oxygen atoms in total. The van der Waals surface area contributed by atoms with E-state index in [0.717, 1.165) is 16.5 Å². The minimum absolute atomic E-state index is 0.303. The summed E-state index contributed by atoms with van der Waals surface area (Å²) in [4.78, 5) is 26.8. The maximum atomic E-state index is 11.9. The second-order valence-corrected chi connectivity index (χ2v) is 6.06. The van der Waals surface area contributed by atoms with E-state index in [0.29, 0.717) is 24.5 Å². The number of methoxy groups -OCH3 is 1. The number of aromatic amines is 1. The van der Waals surface area contributed by atoms with Gasteiger partial charge in [-0.1, -0.05) is 30.3 Å². The van der Waals surface area contributed by atoms with Crippen LogP contribution in [0.4, 0.5) is 0 Å². The summed E-state index contributed by atoms with van der Waals surface area (Å²) in [5.41, 5.74) is 2.19. The van der Waals surface area contributed by atoms with Crippen LogP contribution in [0.15, 0.2) is 54.7 Å². The maximum absolute atomic E-state index is 11.9. The second kappa shape index (κ2) is 9.45. The molecule has 1 heterocycles. The van der Waals surface area contributed by atoms with Gasteiger partial charge < -0.3 is 24.5 Å². The molecule has 0 bridgehead atoms. The van der Waals surface area contributed by atoms with Crippen molar-refractivity contribution in [1.82, 2.24) is 10.3 Å². The van der Waals surface area contributed by atoms with Crippen molar-refractivity contribution < 1.29 is 23.8 Å². The average molecular weight is 382 g/mol. The van der Waals surface area contributed by atoms with Gasteiger partial charge in [-0.25, -0.2) is 4.79 Å². The number of rotatable bonds is 9. The molecular weight excluding hydrogens is 360 g/mol. The lowest BCUT2D eigenvalue weighted by atomic mass is 10.1. The minimum Gasteiger partial charge on any atom is -0.493 e. The summed E-state index contributed by atoms with van der Waals surface area (Å²) < 4.78 is 15.4. The number of nitrogens with one attached hydrogen (secondary N) is 2. The summed E-state index contributed by atoms with van der Waals surface area (Å²) in [6, 6.07) is 15.0. The van der Waals surface area contributed by atoms with Crippen LogP contribution in [0.25, 0.3) is 10.9 Å². The van der Waals surface area contributed by atoms with Crippen molar-refractivity contribution in [1.29, 1.82) is 0 Å². The van der Waals surface area contributed by atoms with E-state index in [1.807, 2.05) is 30.5 Å². The van der Waals surface area contributed by atoms with Crippen LogP contribution in [-0.4, -0.2) is 43.7 Å². The first kappa shape index (κ1) is 19.3. The highest BCUT2D eigenvalue weighted by molar-refractivity contribution is 5.83. The molecule has 28 heavy (non-hydrogen) atoms. The Morgan fingerprint density at radius 2 is 1.75 bits per heavy atom. The van der Waals surface area contributed by atoms with Crippen molar-refractivity contribution in [3.05, 3.63) is 60.3 Å². The van der Waals surface area contributed by atoms with E-state index in [-0.39, 0.29) is 19.1 Å². The Kier molecular flexibility index (Phi) is 6.51. The number of H-pyrrole nitrogens is 1. The Balaban J connectivity index is 1.36. The first-order chi connectivity index (χ1) is 13.7. The van der Waals surface area contributed by atoms with Crippen LogP contribution in [0.1, 0.15) is 5.56 Å². The zero-order valence-electron chi connectivity index (χ0n) is 15.6. The summed E-state index contributed by atoms with van der Waals surface area (Å²) in [7, 11) is 1.52. The lowest BCUT2D eigenvalue weighted by Crippen LogP contribution is -2.31. The van der Waals surface area contributed by atoms with Crippen LogP contribution in [0.5, 0.6) is 11.5 Å². The number of esters is 1. The van der Waals surface area contributed by atoms with Crippen molar-refractivity contribution in [3.8, 4) is 11.5 Å². The van der Waals surface area contributed by atoms with Crippen LogP contribution < -0.4 is 14.8 Å². The predicted octanol–water partition coefficient (Wildman–Crippen LogP) is 2.46. The largest absolute Gasteiger partial charge is 0.493 e. The van der Waals surface area contributed by atoms with E-state index in [9.17, 15) is 9.59 Å². The number of amides is 1. The predicted molar refractivity (Wildman–Crippen MR) is 104 cm³/mol. The molecule has 3 rings (SSSR count). The molecule has 0 aliphatic carbocycles. The van der Waals surface area contributed by atoms with Crippen LogP contribution in [-0.2, 0) is 20.7 Å². The van der Waals surface area contributed by atoms with Crippen LogP contribution in [0.3, 0.4) is 0 Å². The Bertz CT molecular complexity index is 951. The highest BCUT2D eigenvalue weighted by Crippen LogP contribution is 2.25. The van der Waals surface area contributed by atoms with Crippen LogP contribution in [0, 0.1) is 0 Å². The van der Waals surface area contributed by atoms with Crippen LogP contribution in [0.2, 0.25) is 0 Å². The van der Waals surface area contributed by atoms with E-state index < -0.39 is 5.97 Å². The van der Waals surface area contributed by atoms with E-state index in [4.69, 9.17) is 14.2 Å². The highest BCUT2D eigenvalue weighted by Gasteiger charge is 2.10. The minimum atomic E-state index is -0.627. The number of aromatic nitrogens is 1. The third-order valence-corrected chi connectivity index (χ3v) is 4.17. The van der Waals surface area contributed by atoms with Crippen molar-refractivity contribution >= 4 is 22.8 Å². The lowest BCUT2D eigenvalue weighted by molar-refractivity contribution is -0.150. The number of para-hydroxylation sites is 3. The smallest absolute Gasteiger partial charge is 0.344 e. The van der Waals surface area contributed by atoms with Crippen LogP contribution >= 0.6 is 0 Å². The van der Waals surface area contributed by atoms with Crippen molar-refractivity contribution in [3.63, 3.8) is 0 Å². The molecule has 0 unspecified atom stereocenters. The Labute approximate surface area is 162 Å². The lowest BCUT2D eigenvalue weighted by Gasteiger charge is -2.10. The number of carbonyl (C=O) groups is 2. The molecule has 0 saturated carbocycles. The molecule has 7 heteroatoms. The molecule has 0 spiro atoms. The Morgan fingerprint density at radius 3 is 2.57 bits per heavy atom. The van der Waals surface area contributed by atoms with E-state index in [2.05, 4.69) is 10.3 Å². The number of benzene rings is 2. The molecule has 2 N–H and O–H groups in total. The third kappa shape index (κ3) is 5.03. The maximum Gasteiger partial charge on any atom is 0.344 e. The van der Waals surface area contributed by atoms with Gasteiger partial charge in [0, 0.05) is 23.6 Å². The van der Waals surface area contributed by atoms with Crippen molar-refractivity contribution in [2.45, 2.75) is 6.42 Å². The quantitative estimate of drug-likeness (QED) is 0.555. The summed E-state index contributed by atoms with van der Waals surface area (Å²) in [5.74, 6) is -0.0291. The monoisotopic (exact) mass is 382 g/mol. The van der Waals surface area contributed by atoms with E-state index in [1.54, 1.807) is 24.3 Å². The zero-order chi connectivity index (χ0) is 19.8. The molecule has 146 valence electrons. The van der Waals surface area contributed by atoms with Gasteiger partial charge in [-0.3, -0.25) is 4.79 Å². The van der Waals surface area contributed by atoms with Gasteiger partial charge in [0.1, 0.15) is 0 Å². The van der Waals surface area contributed by atoms with Crippen molar-refractivity contribution in [2.24, 2.45) is 0 Å². The van der Waals surface area contributed by atoms with Gasteiger partial charge in [0.2, 0.25) is 0 Å². The topological polar surface area (TPSA) is 89.7 Å². The molecule has 0 atom stereocenters. The van der Waals surface area contributed by atoms with Gasteiger partial charge in [-0.2, -0.15) is 0 Å². The highest BCUT2D eigenvalue weighted by atomic mass is 16.6. The molecule has 0 radical (unpaired) electrons. The molecule has 0 fully saturated rings. The molecule has 0 saturated heterocycles. The van der Waals surface area contributed by atoms with E-state index >= 15 is 0 Å². The SMILES string of the molecule is COc1ccccc1OCC(=O)OCC(=O)NCCc1c[nH]c2ccccc12. The van der Waals surface area contributed by atoms with Gasteiger partial charge >= 0.3 is 5.97 Å². The fourth-order valence-corrected chi connectivity index (χ4v) is 2.79. The van der Waals surface area contributed by atoms with Gasteiger partial charge in [0.15, 0.2) is 24.7 Å². The summed E-state index contributed by atoms with van der Waals surface area (Å²) in [6.07, 6.45) is 2.62. The Morgan fingerprint density at radius 1 is 1.00 bits per heavy atom.